The number of fused-ring (bicyclic) bond motifs is 4. The largest absolute Gasteiger partial charge is 0.465 e. The van der Waals surface area contributed by atoms with Crippen molar-refractivity contribution in [2.24, 2.45) is 5.92 Å². The Labute approximate surface area is 340 Å². The molecule has 3 aromatic heterocycles. The SMILES string of the molecule is COC(=O)C(=Cc1ccc(F)cc1)C(=O)C(C)C.COC(=O)c1c(C(C)C)nc2c(c1-c1ccc(F)cc1)CCCCn1nnnc1-2.O=C1CCCCCn2nnnc21. The van der Waals surface area contributed by atoms with Crippen molar-refractivity contribution in [3.63, 3.8) is 0 Å². The minimum absolute atomic E-state index is 0.0286. The number of rotatable bonds is 7. The summed E-state index contributed by atoms with van der Waals surface area (Å²) >= 11 is 0. The van der Waals surface area contributed by atoms with E-state index in [9.17, 15) is 28.0 Å². The van der Waals surface area contributed by atoms with E-state index < -0.39 is 11.9 Å². The second-order valence-corrected chi connectivity index (χ2v) is 14.5. The minimum atomic E-state index is -0.682. The lowest BCUT2D eigenvalue weighted by atomic mass is 9.86. The number of Topliss-reactive ketones (excluding diaryl/α,β-unsaturated/α-hetero) is 2. The normalized spacial score (nSPS) is 13.8. The van der Waals surface area contributed by atoms with Gasteiger partial charge in [0.1, 0.15) is 22.9 Å². The van der Waals surface area contributed by atoms with Crippen LogP contribution in [0.5, 0.6) is 0 Å². The first-order chi connectivity index (χ1) is 28.3. The number of pyridine rings is 1. The molecule has 5 aromatic rings. The molecule has 0 saturated carbocycles. The Morgan fingerprint density at radius 2 is 1.32 bits per heavy atom. The van der Waals surface area contributed by atoms with Gasteiger partial charge < -0.3 is 9.47 Å². The molecule has 2 aromatic carbocycles. The standard InChI is InChI=1S/C21H22FN5O2.C14H15FO3.C7H10N4O/c1-12(2)18-17(21(28)29-3)16(13-7-9-14(22)10-8-13)15-6-4-5-11-27-20(19(15)23-18)24-25-26-27;1-9(2)13(16)12(14(17)18-3)8-10-4-6-11(15)7-5-10;12-6-4-2-1-3-5-11-7(6)8-9-10-11/h7-10,12H,4-6,11H2,1-3H3;4-9H,1-3H3;1-5H2. The second-order valence-electron chi connectivity index (χ2n) is 14.5. The fourth-order valence-corrected chi connectivity index (χ4v) is 6.59. The van der Waals surface area contributed by atoms with Gasteiger partial charge in [0, 0.05) is 31.0 Å². The summed E-state index contributed by atoms with van der Waals surface area (Å²) in [4.78, 5) is 52.5. The third kappa shape index (κ3) is 10.8. The molecule has 0 bridgehead atoms. The third-order valence-corrected chi connectivity index (χ3v) is 9.62. The predicted molar refractivity (Wildman–Crippen MR) is 212 cm³/mol. The maximum atomic E-state index is 13.6. The monoisotopic (exact) mass is 811 g/mol. The highest BCUT2D eigenvalue weighted by molar-refractivity contribution is 6.21. The highest BCUT2D eigenvalue weighted by Gasteiger charge is 2.30. The molecule has 310 valence electrons. The quantitative estimate of drug-likeness (QED) is 0.0722. The number of halogens is 2. The number of aryl methyl sites for hydroxylation is 2. The molecule has 7 rings (SSSR count). The molecular weight excluding hydrogens is 765 g/mol. The number of esters is 2. The Kier molecular flexibility index (Phi) is 15.1. The first-order valence-corrected chi connectivity index (χ1v) is 19.4. The Hall–Kier alpha value is -6.39. The van der Waals surface area contributed by atoms with Crippen LogP contribution in [0.4, 0.5) is 8.78 Å². The molecule has 0 radical (unpaired) electrons. The van der Waals surface area contributed by atoms with Crippen molar-refractivity contribution >= 4 is 29.6 Å². The van der Waals surface area contributed by atoms with Crippen molar-refractivity contribution in [2.45, 2.75) is 91.6 Å². The molecule has 0 atom stereocenters. The molecule has 0 unspecified atom stereocenters. The molecule has 0 saturated heterocycles. The van der Waals surface area contributed by atoms with Crippen LogP contribution < -0.4 is 0 Å². The van der Waals surface area contributed by atoms with Crippen molar-refractivity contribution in [2.75, 3.05) is 14.2 Å². The molecule has 0 spiro atoms. The van der Waals surface area contributed by atoms with Crippen molar-refractivity contribution in [3.8, 4) is 22.6 Å². The second kappa shape index (κ2) is 20.3. The number of hydrogen-bond donors (Lipinski definition) is 0. The zero-order chi connectivity index (χ0) is 42.6. The summed E-state index contributed by atoms with van der Waals surface area (Å²) < 4.78 is 39.4. The number of methoxy groups -OCH3 is 2. The van der Waals surface area contributed by atoms with Gasteiger partial charge in [-0.2, -0.15) is 0 Å². The van der Waals surface area contributed by atoms with E-state index >= 15 is 0 Å². The summed E-state index contributed by atoms with van der Waals surface area (Å²) in [5.41, 5.74) is 4.61. The fourth-order valence-electron chi connectivity index (χ4n) is 6.59. The van der Waals surface area contributed by atoms with Crippen LogP contribution in [0.2, 0.25) is 0 Å². The van der Waals surface area contributed by atoms with Crippen LogP contribution in [-0.4, -0.2) is 83.1 Å². The number of benzene rings is 2. The molecular formula is C42H47F2N9O6. The van der Waals surface area contributed by atoms with Gasteiger partial charge in [-0.15, -0.1) is 10.2 Å². The first kappa shape index (κ1) is 43.7. The van der Waals surface area contributed by atoms with Crippen LogP contribution in [0.25, 0.3) is 28.7 Å². The Morgan fingerprint density at radius 1 is 0.746 bits per heavy atom. The van der Waals surface area contributed by atoms with E-state index in [1.807, 2.05) is 13.8 Å². The average Bonchev–Trinajstić information content (AvgIpc) is 3.89. The van der Waals surface area contributed by atoms with Gasteiger partial charge in [-0.25, -0.2) is 32.7 Å². The van der Waals surface area contributed by atoms with Crippen molar-refractivity contribution in [1.29, 1.82) is 0 Å². The van der Waals surface area contributed by atoms with Gasteiger partial charge >= 0.3 is 11.9 Å². The summed E-state index contributed by atoms with van der Waals surface area (Å²) in [5, 5.41) is 23.0. The summed E-state index contributed by atoms with van der Waals surface area (Å²) in [7, 11) is 2.58. The summed E-state index contributed by atoms with van der Waals surface area (Å²) in [6.07, 6.45) is 7.62. The summed E-state index contributed by atoms with van der Waals surface area (Å²) in [6, 6.07) is 11.7. The minimum Gasteiger partial charge on any atom is -0.465 e. The summed E-state index contributed by atoms with van der Waals surface area (Å²) in [6.45, 7) is 8.83. The summed E-state index contributed by atoms with van der Waals surface area (Å²) in [5.74, 6) is -1.41. The van der Waals surface area contributed by atoms with Gasteiger partial charge in [0.05, 0.1) is 25.5 Å². The topological polar surface area (TPSA) is 187 Å². The third-order valence-electron chi connectivity index (χ3n) is 9.62. The van der Waals surface area contributed by atoms with Crippen LogP contribution in [0.15, 0.2) is 54.1 Å². The lowest BCUT2D eigenvalue weighted by Crippen LogP contribution is -2.18. The number of ether oxygens (including phenoxy) is 2. The highest BCUT2D eigenvalue weighted by atomic mass is 19.1. The smallest absolute Gasteiger partial charge is 0.341 e. The zero-order valence-electron chi connectivity index (χ0n) is 33.9. The van der Waals surface area contributed by atoms with Gasteiger partial charge in [0.15, 0.2) is 5.78 Å². The van der Waals surface area contributed by atoms with Crippen LogP contribution in [-0.2, 0) is 38.6 Å². The number of ketones is 2. The molecule has 17 heteroatoms. The molecule has 0 N–H and O–H groups in total. The average molecular weight is 812 g/mol. The van der Waals surface area contributed by atoms with Gasteiger partial charge in [-0.1, -0.05) is 58.4 Å². The molecule has 59 heavy (non-hydrogen) atoms. The van der Waals surface area contributed by atoms with E-state index in [1.54, 1.807) is 35.3 Å². The molecule has 0 fully saturated rings. The number of hydrogen-bond acceptors (Lipinski definition) is 13. The van der Waals surface area contributed by atoms with Crippen molar-refractivity contribution < 1.29 is 37.4 Å². The predicted octanol–water partition coefficient (Wildman–Crippen LogP) is 6.82. The Bertz CT molecular complexity index is 2300. The van der Waals surface area contributed by atoms with Crippen LogP contribution in [0.1, 0.15) is 110 Å². The molecule has 2 aliphatic rings. The molecule has 0 aliphatic carbocycles. The van der Waals surface area contributed by atoms with E-state index in [0.29, 0.717) is 53.5 Å². The number of carbonyl (C=O) groups excluding carboxylic acids is 4. The Balaban J connectivity index is 0.000000187. The fraction of sp³-hybridized carbons (Fsp3) is 0.405. The van der Waals surface area contributed by atoms with E-state index in [0.717, 1.165) is 55.3 Å². The lowest BCUT2D eigenvalue weighted by Gasteiger charge is -2.23. The van der Waals surface area contributed by atoms with Gasteiger partial charge in [-0.3, -0.25) is 9.59 Å². The van der Waals surface area contributed by atoms with E-state index in [1.165, 1.54) is 56.7 Å². The molecule has 0 amide bonds. The van der Waals surface area contributed by atoms with Crippen molar-refractivity contribution in [1.82, 2.24) is 45.4 Å². The maximum Gasteiger partial charge on any atom is 0.341 e. The molecule has 2 aliphatic heterocycles. The van der Waals surface area contributed by atoms with Crippen LogP contribution in [0.3, 0.4) is 0 Å². The van der Waals surface area contributed by atoms with E-state index in [-0.39, 0.29) is 40.6 Å². The first-order valence-electron chi connectivity index (χ1n) is 19.4. The number of carbonyl (C=O) groups is 4. The zero-order valence-corrected chi connectivity index (χ0v) is 33.9. The van der Waals surface area contributed by atoms with Gasteiger partial charge in [-0.05, 0) is 106 Å². The van der Waals surface area contributed by atoms with Gasteiger partial charge in [0.25, 0.3) is 0 Å². The van der Waals surface area contributed by atoms with E-state index in [4.69, 9.17) is 9.72 Å². The van der Waals surface area contributed by atoms with Gasteiger partial charge in [0.2, 0.25) is 17.4 Å². The van der Waals surface area contributed by atoms with E-state index in [2.05, 4.69) is 35.8 Å². The Morgan fingerprint density at radius 3 is 1.92 bits per heavy atom. The van der Waals surface area contributed by atoms with Crippen molar-refractivity contribution in [3.05, 3.63) is 93.9 Å². The molecule has 15 nitrogen and oxygen atoms in total. The van der Waals surface area contributed by atoms with Crippen LogP contribution in [0, 0.1) is 17.6 Å². The lowest BCUT2D eigenvalue weighted by molar-refractivity contribution is -0.138. The molecule has 5 heterocycles. The number of tetrazole rings is 2. The number of aromatic nitrogens is 9. The maximum absolute atomic E-state index is 13.6. The number of nitrogens with zero attached hydrogens (tertiary/aromatic N) is 9. The highest BCUT2D eigenvalue weighted by Crippen LogP contribution is 2.39. The van der Waals surface area contributed by atoms with Crippen LogP contribution >= 0.6 is 0 Å².